The molecule has 0 bridgehead atoms. The lowest BCUT2D eigenvalue weighted by Crippen LogP contribution is -1.83. The van der Waals surface area contributed by atoms with Crippen molar-refractivity contribution in [2.45, 2.75) is 4.90 Å². The summed E-state index contributed by atoms with van der Waals surface area (Å²) in [6.07, 6.45) is 3.65. The van der Waals surface area contributed by atoms with Crippen molar-refractivity contribution in [3.8, 4) is 6.07 Å². The normalized spacial score (nSPS) is 11.0. The SMILES string of the molecule is CSc1c(C#N)c2ccsc2c2ccoc12. The van der Waals surface area contributed by atoms with Crippen molar-refractivity contribution in [3.63, 3.8) is 0 Å². The van der Waals surface area contributed by atoms with Crippen molar-refractivity contribution >= 4 is 44.2 Å². The molecule has 0 atom stereocenters. The van der Waals surface area contributed by atoms with Gasteiger partial charge in [0.1, 0.15) is 11.7 Å². The Hall–Kier alpha value is -1.44. The second kappa shape index (κ2) is 3.55. The van der Waals surface area contributed by atoms with Crippen LogP contribution in [0.5, 0.6) is 0 Å². The van der Waals surface area contributed by atoms with E-state index in [1.165, 1.54) is 0 Å². The minimum atomic E-state index is 0.728. The largest absolute Gasteiger partial charge is 0.463 e. The molecule has 1 aromatic carbocycles. The summed E-state index contributed by atoms with van der Waals surface area (Å²) >= 11 is 3.21. The molecule has 0 spiro atoms. The van der Waals surface area contributed by atoms with E-state index >= 15 is 0 Å². The minimum absolute atomic E-state index is 0.728. The van der Waals surface area contributed by atoms with Gasteiger partial charge in [-0.25, -0.2) is 0 Å². The monoisotopic (exact) mass is 245 g/mol. The first-order chi connectivity index (χ1) is 7.86. The maximum Gasteiger partial charge on any atom is 0.150 e. The number of fused-ring (bicyclic) bond motifs is 3. The van der Waals surface area contributed by atoms with Crippen molar-refractivity contribution in [1.29, 1.82) is 5.26 Å². The van der Waals surface area contributed by atoms with Crippen LogP contribution < -0.4 is 0 Å². The van der Waals surface area contributed by atoms with Gasteiger partial charge in [-0.1, -0.05) is 0 Å². The fourth-order valence-corrected chi connectivity index (χ4v) is 3.55. The zero-order chi connectivity index (χ0) is 11.1. The summed E-state index contributed by atoms with van der Waals surface area (Å²) in [4.78, 5) is 0.938. The van der Waals surface area contributed by atoms with Gasteiger partial charge in [-0.05, 0) is 23.8 Å². The average Bonchev–Trinajstić information content (AvgIpc) is 2.93. The van der Waals surface area contributed by atoms with Crippen LogP contribution in [0.15, 0.2) is 33.1 Å². The van der Waals surface area contributed by atoms with Gasteiger partial charge in [0.25, 0.3) is 0 Å². The van der Waals surface area contributed by atoms with Crippen molar-refractivity contribution in [2.24, 2.45) is 0 Å². The Morgan fingerprint density at radius 3 is 3.00 bits per heavy atom. The lowest BCUT2D eigenvalue weighted by Gasteiger charge is -2.03. The highest BCUT2D eigenvalue weighted by Gasteiger charge is 2.16. The van der Waals surface area contributed by atoms with E-state index < -0.39 is 0 Å². The first-order valence-corrected chi connectivity index (χ1v) is 6.81. The summed E-state index contributed by atoms with van der Waals surface area (Å²) in [6.45, 7) is 0. The van der Waals surface area contributed by atoms with E-state index in [2.05, 4.69) is 6.07 Å². The van der Waals surface area contributed by atoms with Gasteiger partial charge in [0.05, 0.1) is 16.7 Å². The molecule has 0 saturated heterocycles. The van der Waals surface area contributed by atoms with E-state index in [1.807, 2.05) is 23.8 Å². The Labute approximate surface area is 100 Å². The van der Waals surface area contributed by atoms with Crippen LogP contribution in [0.1, 0.15) is 5.56 Å². The highest BCUT2D eigenvalue weighted by Crippen LogP contribution is 2.40. The van der Waals surface area contributed by atoms with E-state index in [4.69, 9.17) is 4.42 Å². The van der Waals surface area contributed by atoms with Crippen LogP contribution in [0.4, 0.5) is 0 Å². The van der Waals surface area contributed by atoms with Crippen LogP contribution in [-0.2, 0) is 0 Å². The Kier molecular flexibility index (Phi) is 2.16. The topological polar surface area (TPSA) is 36.9 Å². The minimum Gasteiger partial charge on any atom is -0.463 e. The summed E-state index contributed by atoms with van der Waals surface area (Å²) in [5.41, 5.74) is 1.56. The summed E-state index contributed by atoms with van der Waals surface area (Å²) in [5, 5.41) is 13.4. The number of hydrogen-bond donors (Lipinski definition) is 0. The Morgan fingerprint density at radius 1 is 1.38 bits per heavy atom. The molecule has 0 aliphatic rings. The number of benzene rings is 1. The molecule has 0 fully saturated rings. The molecule has 2 nitrogen and oxygen atoms in total. The van der Waals surface area contributed by atoms with Crippen molar-refractivity contribution in [3.05, 3.63) is 29.3 Å². The number of thiophene rings is 1. The molecule has 3 rings (SSSR count). The van der Waals surface area contributed by atoms with Gasteiger partial charge >= 0.3 is 0 Å². The number of furan rings is 1. The second-order valence-electron chi connectivity index (χ2n) is 3.35. The molecule has 2 heterocycles. The molecular formula is C12H7NOS2. The Morgan fingerprint density at radius 2 is 2.25 bits per heavy atom. The smallest absolute Gasteiger partial charge is 0.150 e. The van der Waals surface area contributed by atoms with Crippen molar-refractivity contribution in [1.82, 2.24) is 0 Å². The fraction of sp³-hybridized carbons (Fsp3) is 0.0833. The molecule has 16 heavy (non-hydrogen) atoms. The summed E-state index contributed by atoms with van der Waals surface area (Å²) in [5.74, 6) is 0. The number of rotatable bonds is 1. The van der Waals surface area contributed by atoms with Gasteiger partial charge in [-0.2, -0.15) is 5.26 Å². The van der Waals surface area contributed by atoms with Gasteiger partial charge in [0.2, 0.25) is 0 Å². The second-order valence-corrected chi connectivity index (χ2v) is 5.08. The highest BCUT2D eigenvalue weighted by atomic mass is 32.2. The third-order valence-corrected chi connectivity index (χ3v) is 4.34. The molecule has 4 heteroatoms. The van der Waals surface area contributed by atoms with Gasteiger partial charge < -0.3 is 4.42 Å². The molecule has 3 aromatic rings. The predicted octanol–water partition coefficient (Wildman–Crippen LogP) is 4.24. The van der Waals surface area contributed by atoms with E-state index in [9.17, 15) is 5.26 Å². The lowest BCUT2D eigenvalue weighted by molar-refractivity contribution is 0.608. The molecule has 0 unspecified atom stereocenters. The molecule has 0 amide bonds. The zero-order valence-corrected chi connectivity index (χ0v) is 10.1. The first-order valence-electron chi connectivity index (χ1n) is 4.71. The molecule has 0 N–H and O–H groups in total. The van der Waals surface area contributed by atoms with Gasteiger partial charge in [0, 0.05) is 15.5 Å². The van der Waals surface area contributed by atoms with Crippen LogP contribution in [0.25, 0.3) is 21.1 Å². The van der Waals surface area contributed by atoms with E-state index in [-0.39, 0.29) is 0 Å². The summed E-state index contributed by atoms with van der Waals surface area (Å²) in [6, 6.07) is 6.26. The first kappa shape index (κ1) is 9.76. The fourth-order valence-electron chi connectivity index (χ4n) is 1.92. The van der Waals surface area contributed by atoms with E-state index in [0.717, 1.165) is 31.5 Å². The molecule has 78 valence electrons. The van der Waals surface area contributed by atoms with E-state index in [1.54, 1.807) is 29.4 Å². The quantitative estimate of drug-likeness (QED) is 0.602. The number of hydrogen-bond acceptors (Lipinski definition) is 4. The van der Waals surface area contributed by atoms with Crippen LogP contribution in [0, 0.1) is 11.3 Å². The molecule has 2 aromatic heterocycles. The summed E-state index contributed by atoms with van der Waals surface area (Å²) < 4.78 is 6.63. The maximum atomic E-state index is 9.26. The van der Waals surface area contributed by atoms with Gasteiger partial charge in [-0.15, -0.1) is 23.1 Å². The molecule has 0 aliphatic carbocycles. The van der Waals surface area contributed by atoms with Crippen LogP contribution in [0.2, 0.25) is 0 Å². The maximum absolute atomic E-state index is 9.26. The Bertz CT molecular complexity index is 718. The number of nitriles is 1. The molecule has 0 aliphatic heterocycles. The van der Waals surface area contributed by atoms with Crippen molar-refractivity contribution < 1.29 is 4.42 Å². The van der Waals surface area contributed by atoms with Gasteiger partial charge in [0.15, 0.2) is 0 Å². The van der Waals surface area contributed by atoms with Crippen LogP contribution >= 0.6 is 23.1 Å². The van der Waals surface area contributed by atoms with Gasteiger partial charge in [-0.3, -0.25) is 0 Å². The molecule has 0 saturated carbocycles. The molecular weight excluding hydrogens is 238 g/mol. The van der Waals surface area contributed by atoms with Crippen LogP contribution in [0.3, 0.4) is 0 Å². The highest BCUT2D eigenvalue weighted by molar-refractivity contribution is 7.98. The molecule has 0 radical (unpaired) electrons. The number of thioether (sulfide) groups is 1. The zero-order valence-electron chi connectivity index (χ0n) is 8.48. The number of nitrogens with zero attached hydrogens (tertiary/aromatic N) is 1. The van der Waals surface area contributed by atoms with E-state index in [0.29, 0.717) is 0 Å². The third-order valence-electron chi connectivity index (χ3n) is 2.59. The average molecular weight is 245 g/mol. The lowest BCUT2D eigenvalue weighted by atomic mass is 10.1. The van der Waals surface area contributed by atoms with Crippen molar-refractivity contribution in [2.75, 3.05) is 6.26 Å². The Balaban J connectivity index is 2.66. The summed E-state index contributed by atoms with van der Waals surface area (Å²) in [7, 11) is 0. The predicted molar refractivity (Wildman–Crippen MR) is 68.1 cm³/mol. The third kappa shape index (κ3) is 1.13. The standard InChI is InChI=1S/C12H7NOS2/c1-15-12-9(6-13)7-3-5-16-11(7)8-2-4-14-10(8)12/h2-5H,1H3. The van der Waals surface area contributed by atoms with Crippen LogP contribution in [-0.4, -0.2) is 6.26 Å².